The summed E-state index contributed by atoms with van der Waals surface area (Å²) < 4.78 is 22.3. The summed E-state index contributed by atoms with van der Waals surface area (Å²) in [4.78, 5) is 39.7. The van der Waals surface area contributed by atoms with Crippen molar-refractivity contribution in [1.29, 1.82) is 0 Å². The molecule has 0 amide bonds. The number of nitrogens with zero attached hydrogens (tertiary/aromatic N) is 3. The number of phosphoric ester groups is 1. The van der Waals surface area contributed by atoms with E-state index in [1.807, 2.05) is 0 Å². The molecule has 24 heavy (non-hydrogen) atoms. The number of fused-ring (bicyclic) bond motifs is 1. The number of H-pyrrole nitrogens is 1. The lowest BCUT2D eigenvalue weighted by Gasteiger charge is -2.16. The van der Waals surface area contributed by atoms with Crippen LogP contribution >= 0.6 is 23.8 Å². The van der Waals surface area contributed by atoms with E-state index in [-0.39, 0.29) is 28.3 Å². The Morgan fingerprint density at radius 1 is 1.50 bits per heavy atom. The van der Waals surface area contributed by atoms with Crippen LogP contribution in [0, 0.1) is 0 Å². The zero-order valence-corrected chi connectivity index (χ0v) is 14.3. The number of nitrogens with one attached hydrogen (secondary N) is 1. The monoisotopic (exact) mass is 425 g/mol. The fraction of sp³-hybridized carbons (Fsp3) is 0.500. The smallest absolute Gasteiger partial charge is 0.390 e. The van der Waals surface area contributed by atoms with Crippen molar-refractivity contribution in [3.63, 3.8) is 0 Å². The first kappa shape index (κ1) is 17.5. The first-order valence-corrected chi connectivity index (χ1v) is 8.95. The van der Waals surface area contributed by atoms with Crippen LogP contribution in [0.1, 0.15) is 12.6 Å². The number of ether oxygens (including phenoxy) is 1. The summed E-state index contributed by atoms with van der Waals surface area (Å²) in [6.45, 7) is -0.498. The summed E-state index contributed by atoms with van der Waals surface area (Å²) in [7, 11) is -4.68. The van der Waals surface area contributed by atoms with Crippen molar-refractivity contribution >= 4 is 40.9 Å². The molecule has 2 aromatic rings. The Morgan fingerprint density at radius 2 is 2.21 bits per heavy atom. The Morgan fingerprint density at radius 3 is 2.88 bits per heavy atom. The van der Waals surface area contributed by atoms with Crippen LogP contribution in [0.3, 0.4) is 0 Å². The van der Waals surface area contributed by atoms with Crippen LogP contribution < -0.4 is 11.3 Å². The second-order valence-corrected chi connectivity index (χ2v) is 7.04. The number of rotatable bonds is 4. The standard InChI is InChI=1S/C10H13BrN5O7P/c11-9-13-6-7(14-10(12)15-8(6)18)16(9)5-1-3(17)4(23-5)2-22-24(19,20)21/h3-5,17H,1-2H2,(H2,19,20,21)(H3,12,14,15,18). The molecule has 132 valence electrons. The first-order valence-electron chi connectivity index (χ1n) is 6.62. The molecule has 0 bridgehead atoms. The quantitative estimate of drug-likeness (QED) is 0.307. The number of aliphatic hydroxyl groups excluding tert-OH is 1. The van der Waals surface area contributed by atoms with E-state index in [2.05, 4.69) is 35.4 Å². The number of aliphatic hydroxyl groups is 1. The number of anilines is 1. The van der Waals surface area contributed by atoms with Gasteiger partial charge in [0.1, 0.15) is 12.3 Å². The van der Waals surface area contributed by atoms with Gasteiger partial charge in [0.25, 0.3) is 5.56 Å². The average Bonchev–Trinajstić information content (AvgIpc) is 2.96. The van der Waals surface area contributed by atoms with E-state index in [0.717, 1.165) is 0 Å². The van der Waals surface area contributed by atoms with E-state index in [9.17, 15) is 14.5 Å². The van der Waals surface area contributed by atoms with Crippen molar-refractivity contribution in [3.05, 3.63) is 15.1 Å². The van der Waals surface area contributed by atoms with Gasteiger partial charge in [0, 0.05) is 6.42 Å². The van der Waals surface area contributed by atoms with Gasteiger partial charge in [-0.3, -0.25) is 18.9 Å². The predicted molar refractivity (Wildman–Crippen MR) is 82.8 cm³/mol. The Bertz CT molecular complexity index is 878. The Labute approximate surface area is 142 Å². The number of imidazole rings is 1. The molecular formula is C10H13BrN5O7P. The SMILES string of the molecule is Nc1nc2c(nc(Br)n2C2CC(O)C(COP(=O)(O)O)O2)c(=O)[nH]1. The van der Waals surface area contributed by atoms with Crippen LogP contribution in [0.15, 0.2) is 9.53 Å². The summed E-state index contributed by atoms with van der Waals surface area (Å²) >= 11 is 3.19. The maximum absolute atomic E-state index is 11.9. The summed E-state index contributed by atoms with van der Waals surface area (Å²) in [6.07, 6.45) is -2.71. The van der Waals surface area contributed by atoms with Gasteiger partial charge < -0.3 is 25.4 Å². The Balaban J connectivity index is 1.90. The lowest BCUT2D eigenvalue weighted by atomic mass is 10.2. The lowest BCUT2D eigenvalue weighted by Crippen LogP contribution is -2.25. The predicted octanol–water partition coefficient (Wildman–Crippen LogP) is -0.778. The number of hydrogen-bond acceptors (Lipinski definition) is 8. The van der Waals surface area contributed by atoms with Crippen LogP contribution in [-0.4, -0.2) is 53.2 Å². The Hall–Kier alpha value is -1.34. The number of nitrogens with two attached hydrogens (primary N) is 1. The summed E-state index contributed by atoms with van der Waals surface area (Å²) in [5.41, 5.74) is 5.18. The van der Waals surface area contributed by atoms with Gasteiger partial charge >= 0.3 is 7.82 Å². The van der Waals surface area contributed by atoms with Crippen molar-refractivity contribution in [2.45, 2.75) is 24.9 Å². The zero-order chi connectivity index (χ0) is 17.6. The van der Waals surface area contributed by atoms with Crippen LogP contribution in [0.5, 0.6) is 0 Å². The van der Waals surface area contributed by atoms with Crippen molar-refractivity contribution in [3.8, 4) is 0 Å². The van der Waals surface area contributed by atoms with Crippen molar-refractivity contribution in [1.82, 2.24) is 19.5 Å². The number of nitrogen functional groups attached to an aromatic ring is 1. The number of aromatic amines is 1. The van der Waals surface area contributed by atoms with E-state index in [4.69, 9.17) is 20.3 Å². The summed E-state index contributed by atoms with van der Waals surface area (Å²) in [6, 6.07) is 0. The minimum absolute atomic E-state index is 0.0316. The number of phosphoric acid groups is 1. The Kier molecular flexibility index (Phi) is 4.51. The third kappa shape index (κ3) is 3.37. The molecule has 6 N–H and O–H groups in total. The van der Waals surface area contributed by atoms with Gasteiger partial charge in [-0.2, -0.15) is 4.98 Å². The minimum Gasteiger partial charge on any atom is -0.390 e. The second kappa shape index (κ2) is 6.19. The highest BCUT2D eigenvalue weighted by Gasteiger charge is 2.38. The zero-order valence-electron chi connectivity index (χ0n) is 11.9. The van der Waals surface area contributed by atoms with E-state index < -0.39 is 38.4 Å². The molecule has 14 heteroatoms. The molecule has 0 saturated carbocycles. The fourth-order valence-electron chi connectivity index (χ4n) is 2.42. The van der Waals surface area contributed by atoms with Gasteiger partial charge in [0.05, 0.1) is 12.7 Å². The van der Waals surface area contributed by atoms with Gasteiger partial charge in [-0.05, 0) is 15.9 Å². The van der Waals surface area contributed by atoms with Crippen LogP contribution in [-0.2, 0) is 13.8 Å². The second-order valence-electron chi connectivity index (χ2n) is 5.09. The highest BCUT2D eigenvalue weighted by molar-refractivity contribution is 9.10. The molecule has 3 rings (SSSR count). The molecule has 0 spiro atoms. The largest absolute Gasteiger partial charge is 0.469 e. The molecule has 3 heterocycles. The van der Waals surface area contributed by atoms with E-state index in [1.54, 1.807) is 0 Å². The molecule has 1 aliphatic heterocycles. The number of aromatic nitrogens is 4. The summed E-state index contributed by atoms with van der Waals surface area (Å²) in [5.74, 6) is -0.110. The highest BCUT2D eigenvalue weighted by atomic mass is 79.9. The third-order valence-corrected chi connectivity index (χ3v) is 4.47. The molecule has 3 atom stereocenters. The molecular weight excluding hydrogens is 413 g/mol. The maximum Gasteiger partial charge on any atom is 0.469 e. The van der Waals surface area contributed by atoms with Crippen molar-refractivity contribution in [2.24, 2.45) is 0 Å². The molecule has 1 aliphatic rings. The third-order valence-electron chi connectivity index (χ3n) is 3.42. The molecule has 12 nitrogen and oxygen atoms in total. The number of halogens is 1. The van der Waals surface area contributed by atoms with E-state index in [0.29, 0.717) is 0 Å². The molecule has 1 fully saturated rings. The lowest BCUT2D eigenvalue weighted by molar-refractivity contribution is -0.0431. The van der Waals surface area contributed by atoms with Crippen molar-refractivity contribution in [2.75, 3.05) is 12.3 Å². The molecule has 3 unspecified atom stereocenters. The van der Waals surface area contributed by atoms with Gasteiger partial charge in [-0.15, -0.1) is 0 Å². The van der Waals surface area contributed by atoms with Gasteiger partial charge in [0.15, 0.2) is 15.9 Å². The minimum atomic E-state index is -4.68. The molecule has 0 aliphatic carbocycles. The molecule has 1 saturated heterocycles. The fourth-order valence-corrected chi connectivity index (χ4v) is 3.34. The number of hydrogen-bond donors (Lipinski definition) is 5. The van der Waals surface area contributed by atoms with Crippen LogP contribution in [0.25, 0.3) is 11.2 Å². The highest BCUT2D eigenvalue weighted by Crippen LogP contribution is 2.39. The summed E-state index contributed by atoms with van der Waals surface area (Å²) in [5, 5.41) is 10.0. The van der Waals surface area contributed by atoms with Crippen molar-refractivity contribution < 1.29 is 28.7 Å². The van der Waals surface area contributed by atoms with E-state index in [1.165, 1.54) is 4.57 Å². The van der Waals surface area contributed by atoms with Gasteiger partial charge in [0.2, 0.25) is 5.95 Å². The first-order chi connectivity index (χ1) is 11.2. The van der Waals surface area contributed by atoms with Gasteiger partial charge in [-0.25, -0.2) is 9.55 Å². The van der Waals surface area contributed by atoms with Crippen LogP contribution in [0.2, 0.25) is 0 Å². The maximum atomic E-state index is 11.9. The molecule has 0 aromatic carbocycles. The van der Waals surface area contributed by atoms with E-state index >= 15 is 0 Å². The molecule has 2 aromatic heterocycles. The van der Waals surface area contributed by atoms with Crippen LogP contribution in [0.4, 0.5) is 5.95 Å². The van der Waals surface area contributed by atoms with Gasteiger partial charge in [-0.1, -0.05) is 0 Å². The normalized spacial score (nSPS) is 24.8. The average molecular weight is 426 g/mol. The molecule has 0 radical (unpaired) electrons. The topological polar surface area (TPSA) is 186 Å².